The van der Waals surface area contributed by atoms with E-state index in [2.05, 4.69) is 54.7 Å². The molecule has 2 nitrogen and oxygen atoms in total. The number of aryl methyl sites for hydroxylation is 2. The molecule has 1 aliphatic rings. The molecular formula is C22H28ClNOS. The van der Waals surface area contributed by atoms with Gasteiger partial charge >= 0.3 is 0 Å². The summed E-state index contributed by atoms with van der Waals surface area (Å²) in [6.07, 6.45) is 6.27. The van der Waals surface area contributed by atoms with Crippen LogP contribution in [0.5, 0.6) is 0 Å². The highest BCUT2D eigenvalue weighted by molar-refractivity contribution is 7.99. The molecule has 1 fully saturated rings. The van der Waals surface area contributed by atoms with Crippen molar-refractivity contribution in [2.45, 2.75) is 60.8 Å². The molecular weight excluding hydrogens is 362 g/mol. The van der Waals surface area contributed by atoms with Crippen molar-refractivity contribution in [3.8, 4) is 0 Å². The van der Waals surface area contributed by atoms with E-state index in [0.717, 1.165) is 43.7 Å². The Morgan fingerprint density at radius 3 is 2.62 bits per heavy atom. The van der Waals surface area contributed by atoms with Gasteiger partial charge in [0, 0.05) is 33.5 Å². The summed E-state index contributed by atoms with van der Waals surface area (Å²) in [5, 5.41) is 13.4. The first-order valence-electron chi connectivity index (χ1n) is 9.55. The van der Waals surface area contributed by atoms with E-state index in [9.17, 15) is 0 Å². The number of halogens is 1. The zero-order valence-corrected chi connectivity index (χ0v) is 17.0. The molecule has 2 N–H and O–H groups in total. The molecule has 1 atom stereocenters. The number of hydrogen-bond donors (Lipinski definition) is 2. The van der Waals surface area contributed by atoms with Crippen molar-refractivity contribution in [3.63, 3.8) is 0 Å². The monoisotopic (exact) mass is 389 g/mol. The highest BCUT2D eigenvalue weighted by atomic mass is 35.5. The Bertz CT molecular complexity index is 730. The van der Waals surface area contributed by atoms with Crippen molar-refractivity contribution in [1.29, 1.82) is 0 Å². The zero-order valence-electron chi connectivity index (χ0n) is 15.4. The van der Waals surface area contributed by atoms with Gasteiger partial charge in [-0.3, -0.25) is 0 Å². The van der Waals surface area contributed by atoms with Crippen molar-refractivity contribution in [3.05, 3.63) is 58.6 Å². The van der Waals surface area contributed by atoms with Crippen molar-refractivity contribution >= 4 is 23.4 Å². The Hall–Kier alpha value is -1.00. The second-order valence-electron chi connectivity index (χ2n) is 7.21. The number of benzene rings is 2. The van der Waals surface area contributed by atoms with Crippen molar-refractivity contribution in [2.75, 3.05) is 13.2 Å². The van der Waals surface area contributed by atoms with Gasteiger partial charge in [-0.05, 0) is 67.5 Å². The van der Waals surface area contributed by atoms with Crippen LogP contribution in [0.1, 0.15) is 43.7 Å². The van der Waals surface area contributed by atoms with E-state index in [4.69, 9.17) is 16.7 Å². The molecule has 3 rings (SSSR count). The number of hydrogen-bond acceptors (Lipinski definition) is 3. The van der Waals surface area contributed by atoms with E-state index in [1.54, 1.807) is 11.8 Å². The minimum atomic E-state index is 0.235. The summed E-state index contributed by atoms with van der Waals surface area (Å²) in [6, 6.07) is 15.2. The molecule has 2 aromatic rings. The third-order valence-electron chi connectivity index (χ3n) is 5.06. The number of rotatable bonds is 10. The molecule has 0 spiro atoms. The summed E-state index contributed by atoms with van der Waals surface area (Å²) in [7, 11) is 0. The minimum Gasteiger partial charge on any atom is -0.396 e. The Kier molecular flexibility index (Phi) is 7.05. The van der Waals surface area contributed by atoms with Gasteiger partial charge in [0.25, 0.3) is 0 Å². The maximum absolute atomic E-state index is 9.03. The van der Waals surface area contributed by atoms with Crippen LogP contribution in [0.25, 0.3) is 0 Å². The summed E-state index contributed by atoms with van der Waals surface area (Å²) in [4.78, 5) is 2.46. The summed E-state index contributed by atoms with van der Waals surface area (Å²) in [5.74, 6) is 0. The maximum atomic E-state index is 9.03. The first kappa shape index (κ1) is 19.8. The van der Waals surface area contributed by atoms with E-state index < -0.39 is 0 Å². The topological polar surface area (TPSA) is 42.2 Å². The van der Waals surface area contributed by atoms with E-state index in [0.29, 0.717) is 0 Å². The molecule has 1 saturated heterocycles. The van der Waals surface area contributed by atoms with Gasteiger partial charge in [-0.2, -0.15) is 0 Å². The third kappa shape index (κ3) is 5.50. The number of aliphatic hydroxyl groups is 1. The molecule has 4 heteroatoms. The second-order valence-corrected chi connectivity index (χ2v) is 8.77. The summed E-state index contributed by atoms with van der Waals surface area (Å²) in [5.41, 5.74) is 2.84. The minimum absolute atomic E-state index is 0.235. The number of aliphatic hydroxyl groups excluding tert-OH is 1. The molecule has 0 bridgehead atoms. The Morgan fingerprint density at radius 1 is 1.12 bits per heavy atom. The average molecular weight is 390 g/mol. The lowest BCUT2D eigenvalue weighted by molar-refractivity contribution is 0.275. The van der Waals surface area contributed by atoms with Crippen LogP contribution in [0, 0.1) is 0 Å². The van der Waals surface area contributed by atoms with Gasteiger partial charge in [-0.15, -0.1) is 0 Å². The Labute approximate surface area is 166 Å². The molecule has 0 aromatic heterocycles. The molecule has 26 heavy (non-hydrogen) atoms. The lowest BCUT2D eigenvalue weighted by atomic mass is 9.95. The largest absolute Gasteiger partial charge is 0.396 e. The van der Waals surface area contributed by atoms with Crippen molar-refractivity contribution in [1.82, 2.24) is 5.32 Å². The number of nitrogens with one attached hydrogen (secondary N) is 1. The van der Waals surface area contributed by atoms with Crippen LogP contribution >= 0.6 is 23.4 Å². The predicted octanol–water partition coefficient (Wildman–Crippen LogP) is 5.49. The van der Waals surface area contributed by atoms with Crippen LogP contribution in [0.15, 0.2) is 52.3 Å². The molecule has 1 aliphatic heterocycles. The Balaban J connectivity index is 1.60. The summed E-state index contributed by atoms with van der Waals surface area (Å²) < 4.78 is 0. The normalized spacial score (nSPS) is 18.9. The maximum Gasteiger partial charge on any atom is 0.0449 e. The van der Waals surface area contributed by atoms with Gasteiger partial charge in [0.15, 0.2) is 0 Å². The lowest BCUT2D eigenvalue weighted by Gasteiger charge is -2.14. The van der Waals surface area contributed by atoms with Gasteiger partial charge in [0.2, 0.25) is 0 Å². The van der Waals surface area contributed by atoms with Crippen LogP contribution < -0.4 is 5.32 Å². The van der Waals surface area contributed by atoms with Gasteiger partial charge < -0.3 is 10.4 Å². The highest BCUT2D eigenvalue weighted by Gasteiger charge is 2.40. The molecule has 1 unspecified atom stereocenters. The highest BCUT2D eigenvalue weighted by Crippen LogP contribution is 2.34. The summed E-state index contributed by atoms with van der Waals surface area (Å²) >= 11 is 8.33. The van der Waals surface area contributed by atoms with Crippen LogP contribution in [0.4, 0.5) is 0 Å². The fraction of sp³-hybridized carbons (Fsp3) is 0.455. The summed E-state index contributed by atoms with van der Waals surface area (Å²) in [6.45, 7) is 3.55. The van der Waals surface area contributed by atoms with Crippen LogP contribution in [0.3, 0.4) is 0 Å². The van der Waals surface area contributed by atoms with Gasteiger partial charge in [-0.1, -0.05) is 54.9 Å². The fourth-order valence-corrected chi connectivity index (χ4v) is 4.66. The lowest BCUT2D eigenvalue weighted by Crippen LogP contribution is -2.17. The SMILES string of the molecule is CCCc1cccc(Sc2ccc(CCC3(CCCO)CN3)c(Cl)c2)c1. The van der Waals surface area contributed by atoms with Crippen LogP contribution in [-0.4, -0.2) is 23.8 Å². The van der Waals surface area contributed by atoms with E-state index in [1.807, 2.05) is 0 Å². The second kappa shape index (κ2) is 9.27. The van der Waals surface area contributed by atoms with E-state index in [-0.39, 0.29) is 12.1 Å². The van der Waals surface area contributed by atoms with Gasteiger partial charge in [0.1, 0.15) is 0 Å². The van der Waals surface area contributed by atoms with Gasteiger partial charge in [-0.25, -0.2) is 0 Å². The molecule has 2 aromatic carbocycles. The quantitative estimate of drug-likeness (QED) is 0.528. The molecule has 0 radical (unpaired) electrons. The first-order valence-corrected chi connectivity index (χ1v) is 10.7. The standard InChI is InChI=1S/C22H28ClNOS/c1-2-5-17-6-3-7-19(14-17)26-20-9-8-18(21(23)15-20)10-12-22(16-24-22)11-4-13-25/h3,6-9,14-15,24-25H,2,4-5,10-13,16H2,1H3. The first-order chi connectivity index (χ1) is 12.6. The molecule has 0 amide bonds. The smallest absolute Gasteiger partial charge is 0.0449 e. The Morgan fingerprint density at radius 2 is 1.92 bits per heavy atom. The fourth-order valence-electron chi connectivity index (χ4n) is 3.38. The molecule has 0 saturated carbocycles. The molecule has 1 heterocycles. The predicted molar refractivity (Wildman–Crippen MR) is 111 cm³/mol. The zero-order chi connectivity index (χ0) is 18.4. The van der Waals surface area contributed by atoms with Gasteiger partial charge in [0.05, 0.1) is 0 Å². The van der Waals surface area contributed by atoms with Crippen molar-refractivity contribution < 1.29 is 5.11 Å². The molecule has 140 valence electrons. The average Bonchev–Trinajstić information content (AvgIpc) is 3.40. The van der Waals surface area contributed by atoms with Crippen LogP contribution in [0.2, 0.25) is 5.02 Å². The van der Waals surface area contributed by atoms with Crippen molar-refractivity contribution in [2.24, 2.45) is 0 Å². The molecule has 0 aliphatic carbocycles. The third-order valence-corrected chi connectivity index (χ3v) is 6.39. The van der Waals surface area contributed by atoms with E-state index >= 15 is 0 Å². The van der Waals surface area contributed by atoms with E-state index in [1.165, 1.54) is 27.3 Å². The van der Waals surface area contributed by atoms with Crippen LogP contribution in [-0.2, 0) is 12.8 Å².